The molecule has 3 rings (SSSR count). The van der Waals surface area contributed by atoms with Gasteiger partial charge in [0.2, 0.25) is 0 Å². The van der Waals surface area contributed by atoms with Crippen molar-refractivity contribution in [1.82, 2.24) is 20.1 Å². The number of H-pyrrole nitrogens is 1. The Morgan fingerprint density at radius 3 is 3.00 bits per heavy atom. The first-order valence-corrected chi connectivity index (χ1v) is 6.88. The van der Waals surface area contributed by atoms with Crippen LogP contribution in [-0.4, -0.2) is 39.1 Å². The molecule has 5 nitrogen and oxygen atoms in total. The second-order valence-corrected chi connectivity index (χ2v) is 5.60. The highest BCUT2D eigenvalue weighted by Gasteiger charge is 2.35. The Morgan fingerprint density at radius 1 is 1.40 bits per heavy atom. The minimum absolute atomic E-state index is 0.0490. The van der Waals surface area contributed by atoms with Crippen molar-refractivity contribution in [2.75, 3.05) is 13.1 Å². The van der Waals surface area contributed by atoms with Gasteiger partial charge in [0.15, 0.2) is 0 Å². The fourth-order valence-corrected chi connectivity index (χ4v) is 2.90. The van der Waals surface area contributed by atoms with E-state index in [4.69, 9.17) is 0 Å². The normalized spacial score (nSPS) is 22.8. The fourth-order valence-electron chi connectivity index (χ4n) is 2.90. The summed E-state index contributed by atoms with van der Waals surface area (Å²) in [6, 6.07) is 5.61. The van der Waals surface area contributed by atoms with Gasteiger partial charge in [-0.1, -0.05) is 6.92 Å². The van der Waals surface area contributed by atoms with Crippen molar-refractivity contribution in [3.8, 4) is 0 Å². The molecule has 20 heavy (non-hydrogen) atoms. The molecule has 1 saturated heterocycles. The smallest absolute Gasteiger partial charge is 0.255 e. The Kier molecular flexibility index (Phi) is 3.26. The van der Waals surface area contributed by atoms with Crippen LogP contribution in [0.2, 0.25) is 0 Å². The number of piperidine rings is 1. The van der Waals surface area contributed by atoms with E-state index in [2.05, 4.69) is 22.1 Å². The van der Waals surface area contributed by atoms with E-state index in [9.17, 15) is 4.79 Å². The summed E-state index contributed by atoms with van der Waals surface area (Å²) in [5.74, 6) is 0.0588. The molecule has 1 amide bonds. The molecule has 1 N–H and O–H groups in total. The van der Waals surface area contributed by atoms with Crippen LogP contribution < -0.4 is 0 Å². The summed E-state index contributed by atoms with van der Waals surface area (Å²) < 4.78 is 0. The van der Waals surface area contributed by atoms with Gasteiger partial charge in [-0.15, -0.1) is 0 Å². The topological polar surface area (TPSA) is 61.9 Å². The van der Waals surface area contributed by atoms with E-state index >= 15 is 0 Å². The third-order valence-electron chi connectivity index (χ3n) is 4.04. The van der Waals surface area contributed by atoms with Gasteiger partial charge in [0.05, 0.1) is 5.56 Å². The number of nitrogens with zero attached hydrogens (tertiary/aromatic N) is 3. The number of rotatable bonds is 2. The van der Waals surface area contributed by atoms with Gasteiger partial charge in [-0.05, 0) is 31.0 Å². The first kappa shape index (κ1) is 12.8. The number of carbonyl (C=O) groups is 1. The van der Waals surface area contributed by atoms with Crippen LogP contribution in [-0.2, 0) is 5.41 Å². The Hall–Kier alpha value is -2.17. The predicted octanol–water partition coefficient (Wildman–Crippen LogP) is 2.00. The van der Waals surface area contributed by atoms with E-state index in [-0.39, 0.29) is 11.3 Å². The summed E-state index contributed by atoms with van der Waals surface area (Å²) >= 11 is 0. The number of carbonyl (C=O) groups excluding carboxylic acids is 1. The molecule has 2 aromatic heterocycles. The second kappa shape index (κ2) is 5.07. The van der Waals surface area contributed by atoms with E-state index < -0.39 is 0 Å². The second-order valence-electron chi connectivity index (χ2n) is 5.60. The maximum atomic E-state index is 12.5. The molecule has 0 aromatic carbocycles. The molecule has 1 fully saturated rings. The first-order chi connectivity index (χ1) is 9.69. The SMILES string of the molecule is C[C@@]1(c2ccn[nH]2)CCCN(C(=O)c2cccnc2)C1. The zero-order valence-electron chi connectivity index (χ0n) is 11.5. The van der Waals surface area contributed by atoms with E-state index in [0.717, 1.165) is 25.1 Å². The molecule has 3 heterocycles. The number of amides is 1. The van der Waals surface area contributed by atoms with E-state index in [1.165, 1.54) is 0 Å². The third kappa shape index (κ3) is 2.31. The molecule has 0 unspecified atom stereocenters. The Morgan fingerprint density at radius 2 is 2.30 bits per heavy atom. The molecule has 1 aliphatic heterocycles. The van der Waals surface area contributed by atoms with Gasteiger partial charge in [-0.2, -0.15) is 5.10 Å². The summed E-state index contributed by atoms with van der Waals surface area (Å²) in [6.07, 6.45) is 7.14. The molecule has 104 valence electrons. The van der Waals surface area contributed by atoms with Gasteiger partial charge in [0, 0.05) is 42.8 Å². The van der Waals surface area contributed by atoms with E-state index in [1.54, 1.807) is 24.7 Å². The summed E-state index contributed by atoms with van der Waals surface area (Å²) in [4.78, 5) is 18.5. The molecule has 0 saturated carbocycles. The quantitative estimate of drug-likeness (QED) is 0.908. The van der Waals surface area contributed by atoms with Gasteiger partial charge < -0.3 is 4.90 Å². The summed E-state index contributed by atoms with van der Waals surface area (Å²) in [7, 11) is 0. The monoisotopic (exact) mass is 270 g/mol. The number of hydrogen-bond donors (Lipinski definition) is 1. The summed E-state index contributed by atoms with van der Waals surface area (Å²) in [6.45, 7) is 3.70. The largest absolute Gasteiger partial charge is 0.338 e. The van der Waals surface area contributed by atoms with E-state index in [0.29, 0.717) is 12.1 Å². The van der Waals surface area contributed by atoms with Crippen LogP contribution in [0.4, 0.5) is 0 Å². The summed E-state index contributed by atoms with van der Waals surface area (Å²) in [5.41, 5.74) is 1.70. The zero-order chi connectivity index (χ0) is 14.0. The van der Waals surface area contributed by atoms with Gasteiger partial charge in [-0.3, -0.25) is 14.9 Å². The van der Waals surface area contributed by atoms with Crippen LogP contribution in [0.5, 0.6) is 0 Å². The third-order valence-corrected chi connectivity index (χ3v) is 4.04. The number of hydrogen-bond acceptors (Lipinski definition) is 3. The van der Waals surface area contributed by atoms with Crippen molar-refractivity contribution >= 4 is 5.91 Å². The lowest BCUT2D eigenvalue weighted by atomic mass is 9.79. The number of aromatic nitrogens is 3. The average molecular weight is 270 g/mol. The van der Waals surface area contributed by atoms with Crippen LogP contribution in [0.1, 0.15) is 35.8 Å². The molecule has 2 aromatic rings. The molecule has 1 atom stereocenters. The van der Waals surface area contributed by atoms with Crippen LogP contribution in [0.3, 0.4) is 0 Å². The molecule has 0 radical (unpaired) electrons. The highest BCUT2D eigenvalue weighted by molar-refractivity contribution is 5.94. The number of nitrogens with one attached hydrogen (secondary N) is 1. The lowest BCUT2D eigenvalue weighted by molar-refractivity contribution is 0.0647. The molecule has 5 heteroatoms. The molecular weight excluding hydrogens is 252 g/mol. The minimum atomic E-state index is -0.0490. The van der Waals surface area contributed by atoms with Crippen molar-refractivity contribution in [1.29, 1.82) is 0 Å². The fraction of sp³-hybridized carbons (Fsp3) is 0.400. The standard InChI is InChI=1S/C15H18N4O/c1-15(13-5-8-17-18-13)6-3-9-19(11-15)14(20)12-4-2-7-16-10-12/h2,4-5,7-8,10H,3,6,9,11H2,1H3,(H,17,18)/t15-/m1/s1. The van der Waals surface area contributed by atoms with Gasteiger partial charge in [0.25, 0.3) is 5.91 Å². The predicted molar refractivity (Wildman–Crippen MR) is 75.3 cm³/mol. The summed E-state index contributed by atoms with van der Waals surface area (Å²) in [5, 5.41) is 7.08. The highest BCUT2D eigenvalue weighted by atomic mass is 16.2. The maximum absolute atomic E-state index is 12.5. The number of pyridine rings is 1. The molecule has 0 aliphatic carbocycles. The highest BCUT2D eigenvalue weighted by Crippen LogP contribution is 2.32. The Balaban J connectivity index is 1.81. The Labute approximate surface area is 118 Å². The number of aromatic amines is 1. The molecule has 0 spiro atoms. The van der Waals surface area contributed by atoms with Gasteiger partial charge in [-0.25, -0.2) is 0 Å². The maximum Gasteiger partial charge on any atom is 0.255 e. The first-order valence-electron chi connectivity index (χ1n) is 6.88. The van der Waals surface area contributed by atoms with Crippen molar-refractivity contribution in [3.05, 3.63) is 48.0 Å². The number of likely N-dealkylation sites (tertiary alicyclic amines) is 1. The van der Waals surface area contributed by atoms with Crippen molar-refractivity contribution in [2.45, 2.75) is 25.2 Å². The molecule has 0 bridgehead atoms. The van der Waals surface area contributed by atoms with Gasteiger partial charge >= 0.3 is 0 Å². The average Bonchev–Trinajstić information content (AvgIpc) is 3.02. The van der Waals surface area contributed by atoms with Crippen LogP contribution >= 0.6 is 0 Å². The molecule has 1 aliphatic rings. The van der Waals surface area contributed by atoms with Crippen molar-refractivity contribution in [3.63, 3.8) is 0 Å². The van der Waals surface area contributed by atoms with Crippen molar-refractivity contribution < 1.29 is 4.79 Å². The lowest BCUT2D eigenvalue weighted by Gasteiger charge is -2.39. The minimum Gasteiger partial charge on any atom is -0.338 e. The zero-order valence-corrected chi connectivity index (χ0v) is 11.5. The van der Waals surface area contributed by atoms with Gasteiger partial charge in [0.1, 0.15) is 0 Å². The van der Waals surface area contributed by atoms with Crippen LogP contribution in [0, 0.1) is 0 Å². The van der Waals surface area contributed by atoms with E-state index in [1.807, 2.05) is 17.0 Å². The molecular formula is C15H18N4O. The lowest BCUT2D eigenvalue weighted by Crippen LogP contribution is -2.47. The van der Waals surface area contributed by atoms with Crippen LogP contribution in [0.15, 0.2) is 36.8 Å². The Bertz CT molecular complexity index is 581. The van der Waals surface area contributed by atoms with Crippen molar-refractivity contribution in [2.24, 2.45) is 0 Å². The van der Waals surface area contributed by atoms with Crippen LogP contribution in [0.25, 0.3) is 0 Å².